The van der Waals surface area contributed by atoms with Gasteiger partial charge in [0.05, 0.1) is 11.2 Å². The first-order valence-electron chi connectivity index (χ1n) is 7.15. The van der Waals surface area contributed by atoms with Crippen molar-refractivity contribution in [3.8, 4) is 0 Å². The SMILES string of the molecule is CC1(C)OB(C2=CCCc3ccc(F)cc32)OC1(C)C. The Morgan fingerprint density at radius 3 is 2.40 bits per heavy atom. The van der Waals surface area contributed by atoms with E-state index in [-0.39, 0.29) is 17.0 Å². The third-order valence-electron chi connectivity index (χ3n) is 4.67. The molecule has 1 aromatic rings. The number of fused-ring (bicyclic) bond motifs is 1. The van der Waals surface area contributed by atoms with E-state index >= 15 is 0 Å². The highest BCUT2D eigenvalue weighted by Crippen LogP contribution is 2.42. The highest BCUT2D eigenvalue weighted by Gasteiger charge is 2.52. The summed E-state index contributed by atoms with van der Waals surface area (Å²) in [7, 11) is -0.416. The summed E-state index contributed by atoms with van der Waals surface area (Å²) in [6.07, 6.45) is 4.00. The monoisotopic (exact) mass is 274 g/mol. The van der Waals surface area contributed by atoms with Crippen LogP contribution in [0.15, 0.2) is 24.3 Å². The van der Waals surface area contributed by atoms with Crippen molar-refractivity contribution in [1.29, 1.82) is 0 Å². The van der Waals surface area contributed by atoms with Gasteiger partial charge in [0, 0.05) is 0 Å². The van der Waals surface area contributed by atoms with Crippen LogP contribution >= 0.6 is 0 Å². The van der Waals surface area contributed by atoms with E-state index in [1.54, 1.807) is 6.07 Å². The van der Waals surface area contributed by atoms with Crippen LogP contribution in [0.1, 0.15) is 45.2 Å². The molecule has 1 heterocycles. The Labute approximate surface area is 120 Å². The highest BCUT2D eigenvalue weighted by atomic mass is 19.1. The van der Waals surface area contributed by atoms with Gasteiger partial charge >= 0.3 is 7.12 Å². The summed E-state index contributed by atoms with van der Waals surface area (Å²) >= 11 is 0. The molecule has 0 saturated carbocycles. The molecule has 0 aromatic heterocycles. The summed E-state index contributed by atoms with van der Waals surface area (Å²) in [5.74, 6) is -0.215. The van der Waals surface area contributed by atoms with Gasteiger partial charge in [-0.25, -0.2) is 4.39 Å². The molecular weight excluding hydrogens is 254 g/mol. The normalized spacial score (nSPS) is 23.4. The molecule has 1 aromatic carbocycles. The van der Waals surface area contributed by atoms with Crippen LogP contribution in [0.25, 0.3) is 5.47 Å². The average Bonchev–Trinajstić information content (AvgIpc) is 2.57. The molecule has 1 aliphatic heterocycles. The summed E-state index contributed by atoms with van der Waals surface area (Å²) < 4.78 is 25.7. The number of allylic oxidation sites excluding steroid dienone is 1. The Balaban J connectivity index is 1.97. The first-order chi connectivity index (χ1) is 9.30. The zero-order valence-electron chi connectivity index (χ0n) is 12.5. The van der Waals surface area contributed by atoms with E-state index in [2.05, 4.69) is 6.08 Å². The van der Waals surface area contributed by atoms with E-state index in [9.17, 15) is 4.39 Å². The van der Waals surface area contributed by atoms with Crippen LogP contribution in [-0.4, -0.2) is 18.3 Å². The molecule has 1 aliphatic carbocycles. The number of benzene rings is 1. The van der Waals surface area contributed by atoms with Crippen molar-refractivity contribution >= 4 is 12.6 Å². The van der Waals surface area contributed by atoms with Gasteiger partial charge in [-0.2, -0.15) is 0 Å². The van der Waals surface area contributed by atoms with Crippen LogP contribution in [0, 0.1) is 5.82 Å². The predicted molar refractivity (Wildman–Crippen MR) is 78.8 cm³/mol. The first kappa shape index (κ1) is 13.8. The van der Waals surface area contributed by atoms with Crippen molar-refractivity contribution < 1.29 is 13.7 Å². The maximum absolute atomic E-state index is 13.6. The zero-order valence-corrected chi connectivity index (χ0v) is 12.5. The van der Waals surface area contributed by atoms with Crippen molar-refractivity contribution in [3.05, 3.63) is 41.2 Å². The molecule has 2 nitrogen and oxygen atoms in total. The van der Waals surface area contributed by atoms with Gasteiger partial charge in [0.2, 0.25) is 0 Å². The average molecular weight is 274 g/mol. The lowest BCUT2D eigenvalue weighted by molar-refractivity contribution is 0.00578. The largest absolute Gasteiger partial charge is 0.495 e. The number of halogens is 1. The molecule has 0 N–H and O–H groups in total. The van der Waals surface area contributed by atoms with E-state index in [1.807, 2.05) is 33.8 Å². The van der Waals surface area contributed by atoms with E-state index < -0.39 is 7.12 Å². The molecule has 0 unspecified atom stereocenters. The Hall–Kier alpha value is -1.13. The van der Waals surface area contributed by atoms with E-state index in [0.717, 1.165) is 23.9 Å². The van der Waals surface area contributed by atoms with Crippen molar-refractivity contribution in [2.75, 3.05) is 0 Å². The van der Waals surface area contributed by atoms with E-state index in [4.69, 9.17) is 9.31 Å². The molecule has 1 saturated heterocycles. The van der Waals surface area contributed by atoms with Crippen molar-refractivity contribution in [1.82, 2.24) is 0 Å². The number of rotatable bonds is 1. The lowest BCUT2D eigenvalue weighted by Crippen LogP contribution is -2.41. The van der Waals surface area contributed by atoms with E-state index in [0.29, 0.717) is 0 Å². The molecular formula is C16H20BFO2. The van der Waals surface area contributed by atoms with Crippen LogP contribution in [0.2, 0.25) is 0 Å². The fraction of sp³-hybridized carbons (Fsp3) is 0.500. The van der Waals surface area contributed by atoms with Crippen LogP contribution in [-0.2, 0) is 15.7 Å². The summed E-state index contributed by atoms with van der Waals surface area (Å²) in [6.45, 7) is 8.12. The van der Waals surface area contributed by atoms with Gasteiger partial charge in [-0.05, 0) is 69.3 Å². The fourth-order valence-electron chi connectivity index (χ4n) is 2.72. The molecule has 20 heavy (non-hydrogen) atoms. The van der Waals surface area contributed by atoms with Crippen molar-refractivity contribution in [3.63, 3.8) is 0 Å². The molecule has 1 fully saturated rings. The molecule has 2 aliphatic rings. The second kappa shape index (κ2) is 4.44. The van der Waals surface area contributed by atoms with Gasteiger partial charge in [-0.15, -0.1) is 0 Å². The van der Waals surface area contributed by atoms with Gasteiger partial charge in [0.25, 0.3) is 0 Å². The highest BCUT2D eigenvalue weighted by molar-refractivity contribution is 6.69. The number of aryl methyl sites for hydroxylation is 1. The van der Waals surface area contributed by atoms with Crippen LogP contribution in [0.4, 0.5) is 4.39 Å². The quantitative estimate of drug-likeness (QED) is 0.725. The molecule has 0 spiro atoms. The summed E-state index contributed by atoms with van der Waals surface area (Å²) in [5, 5.41) is 0. The standard InChI is InChI=1S/C16H20BFO2/c1-15(2)16(3,4)20-17(19-15)14-7-5-6-11-8-9-12(18)10-13(11)14/h7-10H,5-6H2,1-4H3. The van der Waals surface area contributed by atoms with Gasteiger partial charge in [-0.3, -0.25) is 0 Å². The molecule has 0 radical (unpaired) electrons. The van der Waals surface area contributed by atoms with Crippen LogP contribution in [0.3, 0.4) is 0 Å². The zero-order chi connectivity index (χ0) is 14.5. The topological polar surface area (TPSA) is 18.5 Å². The van der Waals surface area contributed by atoms with Gasteiger partial charge < -0.3 is 9.31 Å². The minimum absolute atomic E-state index is 0.215. The second-order valence-electron chi connectivity index (χ2n) is 6.59. The van der Waals surface area contributed by atoms with Crippen molar-refractivity contribution in [2.45, 2.75) is 51.7 Å². The molecule has 0 amide bonds. The molecule has 4 heteroatoms. The Morgan fingerprint density at radius 2 is 1.75 bits per heavy atom. The lowest BCUT2D eigenvalue weighted by Gasteiger charge is -2.32. The third kappa shape index (κ3) is 2.11. The van der Waals surface area contributed by atoms with Crippen LogP contribution < -0.4 is 0 Å². The second-order valence-corrected chi connectivity index (χ2v) is 6.59. The Bertz CT molecular complexity index is 562. The third-order valence-corrected chi connectivity index (χ3v) is 4.67. The lowest BCUT2D eigenvalue weighted by atomic mass is 9.69. The van der Waals surface area contributed by atoms with Gasteiger partial charge in [-0.1, -0.05) is 12.1 Å². The Morgan fingerprint density at radius 1 is 1.10 bits per heavy atom. The predicted octanol–water partition coefficient (Wildman–Crippen LogP) is 3.79. The first-order valence-corrected chi connectivity index (χ1v) is 7.15. The molecule has 0 bridgehead atoms. The van der Waals surface area contributed by atoms with Crippen LogP contribution in [0.5, 0.6) is 0 Å². The van der Waals surface area contributed by atoms with Gasteiger partial charge in [0.1, 0.15) is 5.82 Å². The van der Waals surface area contributed by atoms with E-state index in [1.165, 1.54) is 11.6 Å². The number of hydrogen-bond donors (Lipinski definition) is 0. The minimum atomic E-state index is -0.416. The van der Waals surface area contributed by atoms with Crippen molar-refractivity contribution in [2.24, 2.45) is 0 Å². The Kier molecular flexibility index (Phi) is 3.07. The maximum Gasteiger partial charge on any atom is 0.495 e. The summed E-state index contributed by atoms with van der Waals surface area (Å²) in [5.41, 5.74) is 2.31. The minimum Gasteiger partial charge on any atom is -0.399 e. The maximum atomic E-state index is 13.6. The molecule has 3 rings (SSSR count). The number of hydrogen-bond acceptors (Lipinski definition) is 2. The summed E-state index contributed by atoms with van der Waals surface area (Å²) in [4.78, 5) is 0. The molecule has 0 atom stereocenters. The fourth-order valence-corrected chi connectivity index (χ4v) is 2.72. The smallest absolute Gasteiger partial charge is 0.399 e. The molecule has 106 valence electrons. The van der Waals surface area contributed by atoms with Gasteiger partial charge in [0.15, 0.2) is 0 Å². The summed E-state index contributed by atoms with van der Waals surface area (Å²) in [6, 6.07) is 4.97.